The van der Waals surface area contributed by atoms with Crippen LogP contribution < -0.4 is 0 Å². The lowest BCUT2D eigenvalue weighted by Gasteiger charge is -2.28. The molecule has 4 nitrogen and oxygen atoms in total. The summed E-state index contributed by atoms with van der Waals surface area (Å²) in [6.07, 6.45) is 1.54. The van der Waals surface area contributed by atoms with Gasteiger partial charge in [-0.15, -0.1) is 0 Å². The summed E-state index contributed by atoms with van der Waals surface area (Å²) in [5.74, 6) is -2.04. The third-order valence-electron chi connectivity index (χ3n) is 3.86. The van der Waals surface area contributed by atoms with E-state index in [-0.39, 0.29) is 5.91 Å². The molecule has 1 aromatic rings. The molecule has 128 valence electrons. The number of thioether (sulfide) groups is 1. The van der Waals surface area contributed by atoms with Crippen LogP contribution in [0.1, 0.15) is 5.56 Å². The van der Waals surface area contributed by atoms with Gasteiger partial charge in [0.05, 0.1) is 18.1 Å². The number of thiocarbonyl (C=S) groups is 1. The number of amides is 1. The van der Waals surface area contributed by atoms with Crippen molar-refractivity contribution in [1.82, 2.24) is 9.80 Å². The van der Waals surface area contributed by atoms with Crippen LogP contribution in [0.5, 0.6) is 0 Å². The lowest BCUT2D eigenvalue weighted by molar-refractivity contribution is -0.122. The first-order chi connectivity index (χ1) is 11.5. The first-order valence-electron chi connectivity index (χ1n) is 7.55. The van der Waals surface area contributed by atoms with Gasteiger partial charge in [0.15, 0.2) is 11.6 Å². The first kappa shape index (κ1) is 17.5. The van der Waals surface area contributed by atoms with Gasteiger partial charge >= 0.3 is 0 Å². The van der Waals surface area contributed by atoms with Gasteiger partial charge in [-0.1, -0.05) is 30.0 Å². The minimum Gasteiger partial charge on any atom is -0.379 e. The highest BCUT2D eigenvalue weighted by Crippen LogP contribution is 2.32. The molecule has 2 aliphatic rings. The van der Waals surface area contributed by atoms with Crippen molar-refractivity contribution >= 4 is 40.3 Å². The highest BCUT2D eigenvalue weighted by atomic mass is 32.2. The van der Waals surface area contributed by atoms with E-state index in [0.717, 1.165) is 31.8 Å². The summed E-state index contributed by atoms with van der Waals surface area (Å²) in [5, 5.41) is 0. The van der Waals surface area contributed by atoms with Gasteiger partial charge in [0.2, 0.25) is 0 Å². The summed E-state index contributed by atoms with van der Waals surface area (Å²) >= 11 is 6.46. The molecular formula is C16H16F2N2O2S2. The topological polar surface area (TPSA) is 32.8 Å². The molecule has 1 aromatic carbocycles. The van der Waals surface area contributed by atoms with Crippen molar-refractivity contribution in [2.75, 3.05) is 39.4 Å². The quantitative estimate of drug-likeness (QED) is 0.601. The van der Waals surface area contributed by atoms with Crippen LogP contribution in [0.2, 0.25) is 0 Å². The van der Waals surface area contributed by atoms with Crippen LogP contribution in [-0.2, 0) is 9.53 Å². The number of rotatable bonds is 4. The molecule has 24 heavy (non-hydrogen) atoms. The van der Waals surface area contributed by atoms with Crippen LogP contribution in [0, 0.1) is 11.6 Å². The number of hydrogen-bond acceptors (Lipinski definition) is 5. The zero-order valence-electron chi connectivity index (χ0n) is 12.8. The number of nitrogens with zero attached hydrogens (tertiary/aromatic N) is 2. The number of morpholine rings is 1. The number of carbonyl (C=O) groups excluding carboxylic acids is 1. The maximum absolute atomic E-state index is 13.3. The molecule has 0 saturated carbocycles. The van der Waals surface area contributed by atoms with Crippen molar-refractivity contribution < 1.29 is 18.3 Å². The van der Waals surface area contributed by atoms with Gasteiger partial charge in [-0.05, 0) is 23.8 Å². The molecule has 2 fully saturated rings. The lowest BCUT2D eigenvalue weighted by atomic mass is 10.2. The molecule has 2 saturated heterocycles. The third kappa shape index (κ3) is 4.00. The Morgan fingerprint density at radius 3 is 2.67 bits per heavy atom. The summed E-state index contributed by atoms with van der Waals surface area (Å²) in [5.41, 5.74) is 0.433. The van der Waals surface area contributed by atoms with Crippen molar-refractivity contribution in [3.63, 3.8) is 0 Å². The second-order valence-electron chi connectivity index (χ2n) is 5.46. The van der Waals surface area contributed by atoms with Crippen molar-refractivity contribution in [3.8, 4) is 0 Å². The van der Waals surface area contributed by atoms with E-state index in [0.29, 0.717) is 34.5 Å². The molecule has 2 aliphatic heterocycles. The van der Waals surface area contributed by atoms with Gasteiger partial charge in [-0.2, -0.15) is 0 Å². The van der Waals surface area contributed by atoms with E-state index < -0.39 is 11.6 Å². The van der Waals surface area contributed by atoms with Crippen LogP contribution in [0.15, 0.2) is 23.1 Å². The maximum Gasteiger partial charge on any atom is 0.266 e. The first-order valence-corrected chi connectivity index (χ1v) is 8.77. The maximum atomic E-state index is 13.3. The summed E-state index contributed by atoms with van der Waals surface area (Å²) in [6, 6.07) is 3.54. The Bertz CT molecular complexity index is 691. The summed E-state index contributed by atoms with van der Waals surface area (Å²) < 4.78 is 32.0. The summed E-state index contributed by atoms with van der Waals surface area (Å²) in [4.78, 5) is 16.7. The summed E-state index contributed by atoms with van der Waals surface area (Å²) in [7, 11) is 0. The van der Waals surface area contributed by atoms with Crippen molar-refractivity contribution in [1.29, 1.82) is 0 Å². The molecular weight excluding hydrogens is 354 g/mol. The predicted molar refractivity (Wildman–Crippen MR) is 93.5 cm³/mol. The molecule has 0 spiro atoms. The Hall–Kier alpha value is -1.35. The molecule has 0 atom stereocenters. The Morgan fingerprint density at radius 1 is 1.21 bits per heavy atom. The van der Waals surface area contributed by atoms with Crippen LogP contribution in [0.4, 0.5) is 8.78 Å². The Labute approximate surface area is 148 Å². The number of halogens is 2. The normalized spacial score (nSPS) is 21.1. The number of ether oxygens (including phenoxy) is 1. The van der Waals surface area contributed by atoms with Crippen LogP contribution in [0.3, 0.4) is 0 Å². The van der Waals surface area contributed by atoms with Crippen molar-refractivity contribution in [2.24, 2.45) is 0 Å². The van der Waals surface area contributed by atoms with E-state index in [4.69, 9.17) is 17.0 Å². The Morgan fingerprint density at radius 2 is 1.96 bits per heavy atom. The lowest BCUT2D eigenvalue weighted by Crippen LogP contribution is -2.42. The zero-order valence-corrected chi connectivity index (χ0v) is 14.5. The molecule has 0 aliphatic carbocycles. The van der Waals surface area contributed by atoms with Gasteiger partial charge in [-0.3, -0.25) is 14.6 Å². The molecule has 2 heterocycles. The van der Waals surface area contributed by atoms with Crippen molar-refractivity contribution in [2.45, 2.75) is 0 Å². The van der Waals surface area contributed by atoms with Gasteiger partial charge in [0.25, 0.3) is 5.91 Å². The zero-order chi connectivity index (χ0) is 17.1. The van der Waals surface area contributed by atoms with E-state index in [1.54, 1.807) is 4.90 Å². The second-order valence-corrected chi connectivity index (χ2v) is 7.14. The fraction of sp³-hybridized carbons (Fsp3) is 0.375. The number of hydrogen-bond donors (Lipinski definition) is 0. The third-order valence-corrected chi connectivity index (χ3v) is 5.24. The molecule has 8 heteroatoms. The van der Waals surface area contributed by atoms with Crippen LogP contribution in [-0.4, -0.2) is 59.4 Å². The highest BCUT2D eigenvalue weighted by Gasteiger charge is 2.32. The highest BCUT2D eigenvalue weighted by molar-refractivity contribution is 8.26. The van der Waals surface area contributed by atoms with Gasteiger partial charge < -0.3 is 4.74 Å². The largest absolute Gasteiger partial charge is 0.379 e. The van der Waals surface area contributed by atoms with Crippen LogP contribution in [0.25, 0.3) is 6.08 Å². The average Bonchev–Trinajstić information content (AvgIpc) is 2.84. The van der Waals surface area contributed by atoms with Gasteiger partial charge in [0, 0.05) is 26.2 Å². The fourth-order valence-electron chi connectivity index (χ4n) is 2.51. The molecule has 0 aromatic heterocycles. The number of benzene rings is 1. The smallest absolute Gasteiger partial charge is 0.266 e. The predicted octanol–water partition coefficient (Wildman–Crippen LogP) is 2.50. The molecule has 0 unspecified atom stereocenters. The Balaban J connectivity index is 1.66. The molecule has 3 rings (SSSR count). The van der Waals surface area contributed by atoms with Gasteiger partial charge in [0.1, 0.15) is 4.32 Å². The van der Waals surface area contributed by atoms with Gasteiger partial charge in [-0.25, -0.2) is 8.78 Å². The molecule has 1 amide bonds. The van der Waals surface area contributed by atoms with Crippen molar-refractivity contribution in [3.05, 3.63) is 40.3 Å². The van der Waals surface area contributed by atoms with Crippen LogP contribution >= 0.6 is 24.0 Å². The molecule has 0 radical (unpaired) electrons. The minimum atomic E-state index is -0.938. The standard InChI is InChI=1S/C16H16F2N2O2S2/c17-12-2-1-11(9-13(12)18)10-14-15(21)20(16(23)24-14)4-3-19-5-7-22-8-6-19/h1-2,9-10H,3-8H2/b14-10-. The number of carbonyl (C=O) groups is 1. The molecule has 0 bridgehead atoms. The Kier molecular flexibility index (Phi) is 5.60. The average molecular weight is 370 g/mol. The van der Waals surface area contributed by atoms with E-state index in [9.17, 15) is 13.6 Å². The van der Waals surface area contributed by atoms with E-state index >= 15 is 0 Å². The van der Waals surface area contributed by atoms with E-state index in [2.05, 4.69) is 4.90 Å². The van der Waals surface area contributed by atoms with E-state index in [1.807, 2.05) is 0 Å². The van der Waals surface area contributed by atoms with E-state index in [1.165, 1.54) is 23.9 Å². The summed E-state index contributed by atoms with van der Waals surface area (Å²) in [6.45, 7) is 4.34. The SMILES string of the molecule is O=C1/C(=C/c2ccc(F)c(F)c2)SC(=S)N1CCN1CCOCC1. The molecule has 0 N–H and O–H groups in total. The fourth-order valence-corrected chi connectivity index (χ4v) is 3.82. The second kappa shape index (κ2) is 7.69. The minimum absolute atomic E-state index is 0.192. The monoisotopic (exact) mass is 370 g/mol.